The molecule has 1 N–H and O–H groups in total. The van der Waals surface area contributed by atoms with Crippen LogP contribution in [0.3, 0.4) is 0 Å². The molecule has 0 aliphatic carbocycles. The first-order chi connectivity index (χ1) is 8.54. The van der Waals surface area contributed by atoms with Gasteiger partial charge in [-0.15, -0.1) is 0 Å². The number of fused-ring (bicyclic) bond motifs is 1. The molecule has 0 radical (unpaired) electrons. The largest absolute Gasteiger partial charge is 0.427 e. The topological polar surface area (TPSA) is 81.2 Å². The van der Waals surface area contributed by atoms with Crippen molar-refractivity contribution in [3.05, 3.63) is 24.4 Å². The van der Waals surface area contributed by atoms with Gasteiger partial charge in [-0.05, 0) is 18.2 Å². The Hall–Kier alpha value is -2.50. The van der Waals surface area contributed by atoms with Gasteiger partial charge >= 0.3 is 5.97 Å². The van der Waals surface area contributed by atoms with Crippen molar-refractivity contribution in [1.29, 1.82) is 0 Å². The molecule has 0 unspecified atom stereocenters. The molecule has 0 atom stereocenters. The van der Waals surface area contributed by atoms with Gasteiger partial charge in [-0.1, -0.05) is 0 Å². The van der Waals surface area contributed by atoms with E-state index in [4.69, 9.17) is 4.74 Å². The van der Waals surface area contributed by atoms with Crippen molar-refractivity contribution in [2.45, 2.75) is 13.8 Å². The quantitative estimate of drug-likeness (QED) is 0.640. The fourth-order valence-electron chi connectivity index (χ4n) is 1.46. The minimum Gasteiger partial charge on any atom is -0.427 e. The average molecular weight is 245 g/mol. The molecule has 2 rings (SSSR count). The number of esters is 1. The summed E-state index contributed by atoms with van der Waals surface area (Å²) in [7, 11) is 0. The maximum Gasteiger partial charge on any atom is 0.308 e. The summed E-state index contributed by atoms with van der Waals surface area (Å²) in [5.41, 5.74) is 0.657. The van der Waals surface area contributed by atoms with E-state index in [1.165, 1.54) is 13.8 Å². The predicted octanol–water partition coefficient (Wildman–Crippen LogP) is 1.51. The van der Waals surface area contributed by atoms with Crippen LogP contribution in [0.4, 0.5) is 5.95 Å². The van der Waals surface area contributed by atoms with Crippen molar-refractivity contribution in [1.82, 2.24) is 9.97 Å². The van der Waals surface area contributed by atoms with Crippen LogP contribution < -0.4 is 10.1 Å². The summed E-state index contributed by atoms with van der Waals surface area (Å²) in [5, 5.41) is 3.22. The first-order valence-electron chi connectivity index (χ1n) is 5.27. The molecule has 1 heterocycles. The number of amides is 1. The number of aromatic nitrogens is 2. The van der Waals surface area contributed by atoms with Crippen molar-refractivity contribution in [3.8, 4) is 5.75 Å². The van der Waals surface area contributed by atoms with Gasteiger partial charge in [-0.25, -0.2) is 9.97 Å². The highest BCUT2D eigenvalue weighted by atomic mass is 16.5. The number of rotatable bonds is 2. The zero-order valence-corrected chi connectivity index (χ0v) is 9.93. The highest BCUT2D eigenvalue weighted by Crippen LogP contribution is 2.19. The fraction of sp³-hybridized carbons (Fsp3) is 0.167. The lowest BCUT2D eigenvalue weighted by atomic mass is 10.2. The second-order valence-electron chi connectivity index (χ2n) is 3.69. The molecule has 2 aromatic rings. The standard InChI is InChI=1S/C12H11N3O3/c1-7(16)14-12-13-6-9-5-10(18-8(2)17)3-4-11(9)15-12/h3-6H,1-2H3,(H,13,14,15,16). The number of hydrogen-bond acceptors (Lipinski definition) is 5. The zero-order valence-electron chi connectivity index (χ0n) is 9.93. The molecule has 6 heteroatoms. The van der Waals surface area contributed by atoms with Crippen LogP contribution in [0.15, 0.2) is 24.4 Å². The summed E-state index contributed by atoms with van der Waals surface area (Å²) in [5.74, 6) is 0.0668. The van der Waals surface area contributed by atoms with Crippen molar-refractivity contribution < 1.29 is 14.3 Å². The number of carbonyl (C=O) groups is 2. The van der Waals surface area contributed by atoms with E-state index in [9.17, 15) is 9.59 Å². The third kappa shape index (κ3) is 2.79. The zero-order chi connectivity index (χ0) is 13.1. The lowest BCUT2D eigenvalue weighted by Gasteiger charge is -2.04. The van der Waals surface area contributed by atoms with Crippen LogP contribution in [0.25, 0.3) is 10.9 Å². The molecule has 0 aliphatic heterocycles. The van der Waals surface area contributed by atoms with Gasteiger partial charge < -0.3 is 4.74 Å². The summed E-state index contributed by atoms with van der Waals surface area (Å²) in [6.07, 6.45) is 1.56. The SMILES string of the molecule is CC(=O)Nc1ncc2cc(OC(C)=O)ccc2n1. The van der Waals surface area contributed by atoms with Gasteiger partial charge in [0.15, 0.2) is 0 Å². The van der Waals surface area contributed by atoms with E-state index in [2.05, 4.69) is 15.3 Å². The van der Waals surface area contributed by atoms with E-state index in [0.717, 1.165) is 5.39 Å². The Morgan fingerprint density at radius 1 is 1.28 bits per heavy atom. The molecule has 0 saturated carbocycles. The van der Waals surface area contributed by atoms with E-state index >= 15 is 0 Å². The first-order valence-corrected chi connectivity index (χ1v) is 5.27. The number of nitrogens with zero attached hydrogens (tertiary/aromatic N) is 2. The van der Waals surface area contributed by atoms with E-state index in [-0.39, 0.29) is 17.8 Å². The normalized spacial score (nSPS) is 10.1. The van der Waals surface area contributed by atoms with Crippen molar-refractivity contribution >= 4 is 28.7 Å². The number of anilines is 1. The minimum absolute atomic E-state index is 0.231. The third-order valence-corrected chi connectivity index (χ3v) is 2.10. The van der Waals surface area contributed by atoms with Crippen LogP contribution in [-0.2, 0) is 9.59 Å². The average Bonchev–Trinajstić information content (AvgIpc) is 2.27. The van der Waals surface area contributed by atoms with Crippen LogP contribution in [0.5, 0.6) is 5.75 Å². The van der Waals surface area contributed by atoms with Gasteiger partial charge in [-0.3, -0.25) is 14.9 Å². The molecule has 0 aliphatic rings. The summed E-state index contributed by atoms with van der Waals surface area (Å²) in [6.45, 7) is 2.72. The number of benzene rings is 1. The number of nitrogens with one attached hydrogen (secondary N) is 1. The summed E-state index contributed by atoms with van der Waals surface area (Å²) in [6, 6.07) is 4.99. The van der Waals surface area contributed by atoms with E-state index in [1.807, 2.05) is 0 Å². The van der Waals surface area contributed by atoms with Crippen LogP contribution >= 0.6 is 0 Å². The van der Waals surface area contributed by atoms with Gasteiger partial charge in [0.05, 0.1) is 5.52 Å². The summed E-state index contributed by atoms with van der Waals surface area (Å²) >= 11 is 0. The lowest BCUT2D eigenvalue weighted by molar-refractivity contribution is -0.131. The van der Waals surface area contributed by atoms with Gasteiger partial charge in [0.1, 0.15) is 5.75 Å². The van der Waals surface area contributed by atoms with Crippen LogP contribution in [0.1, 0.15) is 13.8 Å². The monoisotopic (exact) mass is 245 g/mol. The Morgan fingerprint density at radius 3 is 2.72 bits per heavy atom. The Labute approximate surface area is 103 Å². The molecular formula is C12H11N3O3. The Balaban J connectivity index is 2.35. The van der Waals surface area contributed by atoms with E-state index < -0.39 is 0 Å². The molecule has 1 aromatic heterocycles. The van der Waals surface area contributed by atoms with Gasteiger partial charge in [0.2, 0.25) is 11.9 Å². The Morgan fingerprint density at radius 2 is 2.06 bits per heavy atom. The smallest absolute Gasteiger partial charge is 0.308 e. The van der Waals surface area contributed by atoms with Crippen LogP contribution in [0.2, 0.25) is 0 Å². The minimum atomic E-state index is -0.384. The first kappa shape index (κ1) is 12.0. The van der Waals surface area contributed by atoms with Crippen molar-refractivity contribution in [2.75, 3.05) is 5.32 Å². The van der Waals surface area contributed by atoms with Gasteiger partial charge in [0, 0.05) is 25.4 Å². The summed E-state index contributed by atoms with van der Waals surface area (Å²) < 4.78 is 4.95. The molecule has 1 amide bonds. The molecule has 6 nitrogen and oxygen atoms in total. The summed E-state index contributed by atoms with van der Waals surface area (Å²) in [4.78, 5) is 29.8. The molecule has 18 heavy (non-hydrogen) atoms. The molecule has 92 valence electrons. The van der Waals surface area contributed by atoms with Crippen LogP contribution in [-0.4, -0.2) is 21.8 Å². The third-order valence-electron chi connectivity index (χ3n) is 2.10. The highest BCUT2D eigenvalue weighted by molar-refractivity contribution is 5.88. The number of ether oxygens (including phenoxy) is 1. The molecular weight excluding hydrogens is 234 g/mol. The molecule has 0 bridgehead atoms. The molecule has 0 saturated heterocycles. The predicted molar refractivity (Wildman–Crippen MR) is 65.2 cm³/mol. The second kappa shape index (κ2) is 4.79. The van der Waals surface area contributed by atoms with Crippen molar-refractivity contribution in [3.63, 3.8) is 0 Å². The molecule has 1 aromatic carbocycles. The maximum absolute atomic E-state index is 10.9. The highest BCUT2D eigenvalue weighted by Gasteiger charge is 2.04. The molecule has 0 spiro atoms. The van der Waals surface area contributed by atoms with E-state index in [1.54, 1.807) is 24.4 Å². The Bertz CT molecular complexity index is 570. The number of hydrogen-bond donors (Lipinski definition) is 1. The van der Waals surface area contributed by atoms with Gasteiger partial charge in [-0.2, -0.15) is 0 Å². The fourth-order valence-corrected chi connectivity index (χ4v) is 1.46. The maximum atomic E-state index is 10.9. The van der Waals surface area contributed by atoms with Crippen molar-refractivity contribution in [2.24, 2.45) is 0 Å². The second-order valence-corrected chi connectivity index (χ2v) is 3.69. The molecule has 0 fully saturated rings. The number of carbonyl (C=O) groups excluding carboxylic acids is 2. The van der Waals surface area contributed by atoms with E-state index in [0.29, 0.717) is 11.3 Å². The lowest BCUT2D eigenvalue weighted by Crippen LogP contribution is -2.09. The van der Waals surface area contributed by atoms with Gasteiger partial charge in [0.25, 0.3) is 0 Å². The van der Waals surface area contributed by atoms with Crippen LogP contribution in [0, 0.1) is 0 Å². The Kier molecular flexibility index (Phi) is 3.18.